The quantitative estimate of drug-likeness (QED) is 0.436. The topological polar surface area (TPSA) is 25.2 Å². The van der Waals surface area contributed by atoms with Crippen LogP contribution in [0.5, 0.6) is 0 Å². The predicted octanol–water partition coefficient (Wildman–Crippen LogP) is 3.13. The summed E-state index contributed by atoms with van der Waals surface area (Å²) in [7, 11) is 0. The second-order valence-corrected chi connectivity index (χ2v) is 4.56. The SMILES string of the molecule is C=N/C(=C\SCSC)c1ccncc1. The maximum atomic E-state index is 3.98. The molecule has 1 aromatic heterocycles. The zero-order valence-electron chi connectivity index (χ0n) is 8.01. The van der Waals surface area contributed by atoms with E-state index >= 15 is 0 Å². The minimum atomic E-state index is 0.909. The van der Waals surface area contributed by atoms with Gasteiger partial charge in [-0.2, -0.15) is 11.8 Å². The lowest BCUT2D eigenvalue weighted by Crippen LogP contribution is -1.80. The molecule has 4 heteroatoms. The minimum absolute atomic E-state index is 0.909. The predicted molar refractivity (Wildman–Crippen MR) is 67.7 cm³/mol. The first-order valence-electron chi connectivity index (χ1n) is 4.06. The molecule has 0 N–H and O–H groups in total. The van der Waals surface area contributed by atoms with Crippen LogP contribution in [0.4, 0.5) is 0 Å². The molecule has 0 bridgehead atoms. The van der Waals surface area contributed by atoms with Gasteiger partial charge in [-0.25, -0.2) is 0 Å². The van der Waals surface area contributed by atoms with Crippen molar-refractivity contribution in [2.24, 2.45) is 4.99 Å². The summed E-state index contributed by atoms with van der Waals surface area (Å²) in [5.41, 5.74) is 1.97. The number of hydrogen-bond donors (Lipinski definition) is 0. The minimum Gasteiger partial charge on any atom is -0.265 e. The molecule has 2 nitrogen and oxygen atoms in total. The monoisotopic (exact) mass is 224 g/mol. The zero-order chi connectivity index (χ0) is 10.2. The van der Waals surface area contributed by atoms with E-state index in [1.165, 1.54) is 0 Å². The largest absolute Gasteiger partial charge is 0.265 e. The molecule has 0 aromatic carbocycles. The lowest BCUT2D eigenvalue weighted by molar-refractivity contribution is 1.31. The molecule has 0 saturated heterocycles. The first kappa shape index (κ1) is 11.3. The number of aromatic nitrogens is 1. The highest BCUT2D eigenvalue weighted by atomic mass is 32.2. The Morgan fingerprint density at radius 2 is 2.29 bits per heavy atom. The molecule has 1 aromatic rings. The summed E-state index contributed by atoms with van der Waals surface area (Å²) in [5, 5.41) is 3.06. The highest BCUT2D eigenvalue weighted by Crippen LogP contribution is 2.20. The van der Waals surface area contributed by atoms with Crippen LogP contribution in [0.2, 0.25) is 0 Å². The average molecular weight is 224 g/mol. The van der Waals surface area contributed by atoms with Gasteiger partial charge in [0, 0.05) is 23.0 Å². The van der Waals surface area contributed by atoms with Gasteiger partial charge in [-0.1, -0.05) is 0 Å². The molecule has 0 atom stereocenters. The van der Waals surface area contributed by atoms with E-state index in [0.717, 1.165) is 16.3 Å². The van der Waals surface area contributed by atoms with Crippen molar-refractivity contribution in [2.45, 2.75) is 0 Å². The maximum absolute atomic E-state index is 3.98. The van der Waals surface area contributed by atoms with Crippen LogP contribution in [0, 0.1) is 0 Å². The van der Waals surface area contributed by atoms with E-state index in [1.807, 2.05) is 17.5 Å². The molecular formula is C10H12N2S2. The van der Waals surface area contributed by atoms with Gasteiger partial charge in [0.15, 0.2) is 0 Å². The van der Waals surface area contributed by atoms with Crippen molar-refractivity contribution in [1.82, 2.24) is 4.98 Å². The van der Waals surface area contributed by atoms with Crippen molar-refractivity contribution in [3.05, 3.63) is 35.5 Å². The molecule has 1 rings (SSSR count). The van der Waals surface area contributed by atoms with E-state index in [-0.39, 0.29) is 0 Å². The van der Waals surface area contributed by atoms with E-state index in [4.69, 9.17) is 0 Å². The lowest BCUT2D eigenvalue weighted by Gasteiger charge is -2.00. The third-order valence-electron chi connectivity index (χ3n) is 1.53. The average Bonchev–Trinajstić information content (AvgIpc) is 2.26. The summed E-state index contributed by atoms with van der Waals surface area (Å²) >= 11 is 3.52. The van der Waals surface area contributed by atoms with Gasteiger partial charge in [0.25, 0.3) is 0 Å². The molecule has 0 unspecified atom stereocenters. The van der Waals surface area contributed by atoms with Gasteiger partial charge in [0.2, 0.25) is 0 Å². The summed E-state index contributed by atoms with van der Waals surface area (Å²) in [6.45, 7) is 3.56. The number of aliphatic imine (C=N–C) groups is 1. The second kappa shape index (κ2) is 6.68. The fourth-order valence-electron chi connectivity index (χ4n) is 0.900. The Bertz CT molecular complexity index is 309. The van der Waals surface area contributed by atoms with Crippen LogP contribution < -0.4 is 0 Å². The third-order valence-corrected chi connectivity index (χ3v) is 3.40. The summed E-state index contributed by atoms with van der Waals surface area (Å²) in [6.07, 6.45) is 5.59. The van der Waals surface area contributed by atoms with Crippen molar-refractivity contribution in [2.75, 3.05) is 11.3 Å². The van der Waals surface area contributed by atoms with E-state index in [9.17, 15) is 0 Å². The van der Waals surface area contributed by atoms with E-state index in [1.54, 1.807) is 35.9 Å². The molecule has 0 amide bonds. The van der Waals surface area contributed by atoms with Crippen LogP contribution in [0.15, 0.2) is 34.9 Å². The van der Waals surface area contributed by atoms with Crippen molar-refractivity contribution in [3.8, 4) is 0 Å². The molecule has 0 aliphatic carbocycles. The lowest BCUT2D eigenvalue weighted by atomic mass is 10.2. The van der Waals surface area contributed by atoms with E-state index in [2.05, 4.69) is 22.9 Å². The van der Waals surface area contributed by atoms with Crippen molar-refractivity contribution < 1.29 is 0 Å². The van der Waals surface area contributed by atoms with E-state index < -0.39 is 0 Å². The molecule has 0 aliphatic rings. The van der Waals surface area contributed by atoms with E-state index in [0.29, 0.717) is 0 Å². The van der Waals surface area contributed by atoms with Crippen LogP contribution >= 0.6 is 23.5 Å². The molecule has 0 fully saturated rings. The maximum Gasteiger partial charge on any atom is 0.0758 e. The molecule has 0 aliphatic heterocycles. The molecule has 74 valence electrons. The Kier molecular flexibility index (Phi) is 5.40. The Labute approximate surface area is 92.9 Å². The summed E-state index contributed by atoms with van der Waals surface area (Å²) in [4.78, 5) is 7.94. The smallest absolute Gasteiger partial charge is 0.0758 e. The normalized spacial score (nSPS) is 11.4. The number of hydrogen-bond acceptors (Lipinski definition) is 4. The van der Waals surface area contributed by atoms with Crippen LogP contribution in [0.1, 0.15) is 5.56 Å². The highest BCUT2D eigenvalue weighted by molar-refractivity contribution is 8.17. The highest BCUT2D eigenvalue weighted by Gasteiger charge is 1.96. The first-order chi connectivity index (χ1) is 6.88. The van der Waals surface area contributed by atoms with Crippen molar-refractivity contribution in [1.29, 1.82) is 0 Å². The Balaban J connectivity index is 2.72. The van der Waals surface area contributed by atoms with Gasteiger partial charge >= 0.3 is 0 Å². The molecule has 0 saturated carbocycles. The fourth-order valence-corrected chi connectivity index (χ4v) is 2.09. The van der Waals surface area contributed by atoms with Crippen LogP contribution in [0.25, 0.3) is 5.70 Å². The van der Waals surface area contributed by atoms with Gasteiger partial charge in [0.05, 0.1) is 5.70 Å². The molecule has 0 radical (unpaired) electrons. The first-order valence-corrected chi connectivity index (χ1v) is 6.50. The van der Waals surface area contributed by atoms with Crippen LogP contribution in [-0.4, -0.2) is 23.0 Å². The van der Waals surface area contributed by atoms with Gasteiger partial charge < -0.3 is 0 Å². The molecule has 1 heterocycles. The molecular weight excluding hydrogens is 212 g/mol. The standard InChI is InChI=1S/C10H12N2S2/c1-11-10(7-14-8-13-2)9-3-5-12-6-4-9/h3-7H,1,8H2,2H3/b10-7-. The van der Waals surface area contributed by atoms with Gasteiger partial charge in [-0.3, -0.25) is 9.98 Å². The molecule has 0 spiro atoms. The summed E-state index contributed by atoms with van der Waals surface area (Å²) < 4.78 is 0. The summed E-state index contributed by atoms with van der Waals surface area (Å²) in [5.74, 6) is 0. The Morgan fingerprint density at radius 3 is 2.86 bits per heavy atom. The Hall–Kier alpha value is -0.740. The number of rotatable bonds is 5. The van der Waals surface area contributed by atoms with Crippen molar-refractivity contribution in [3.63, 3.8) is 0 Å². The number of nitrogens with zero attached hydrogens (tertiary/aromatic N) is 2. The fraction of sp³-hybridized carbons (Fsp3) is 0.200. The van der Waals surface area contributed by atoms with Crippen LogP contribution in [0.3, 0.4) is 0 Å². The Morgan fingerprint density at radius 1 is 1.57 bits per heavy atom. The number of thioether (sulfide) groups is 2. The van der Waals surface area contributed by atoms with Crippen LogP contribution in [-0.2, 0) is 0 Å². The second-order valence-electron chi connectivity index (χ2n) is 2.47. The van der Waals surface area contributed by atoms with Gasteiger partial charge in [-0.15, -0.1) is 11.8 Å². The number of pyridine rings is 1. The van der Waals surface area contributed by atoms with Crippen molar-refractivity contribution >= 4 is 35.9 Å². The van der Waals surface area contributed by atoms with Gasteiger partial charge in [-0.05, 0) is 30.5 Å². The zero-order valence-corrected chi connectivity index (χ0v) is 9.64. The van der Waals surface area contributed by atoms with Gasteiger partial charge in [0.1, 0.15) is 0 Å². The third kappa shape index (κ3) is 3.55. The molecule has 14 heavy (non-hydrogen) atoms. The summed E-state index contributed by atoms with van der Waals surface area (Å²) in [6, 6.07) is 3.86.